The Labute approximate surface area is 135 Å². The van der Waals surface area contributed by atoms with Crippen molar-refractivity contribution >= 4 is 23.1 Å². The highest BCUT2D eigenvalue weighted by Gasteiger charge is 2.26. The Morgan fingerprint density at radius 2 is 2.27 bits per heavy atom. The summed E-state index contributed by atoms with van der Waals surface area (Å²) >= 11 is 1.58. The SMILES string of the molecule is CNc1cc([C@H]2CCCN(C(=O)c3ccc(C)s3)C2)ccn1. The molecule has 1 saturated heterocycles. The smallest absolute Gasteiger partial charge is 0.263 e. The molecule has 0 spiro atoms. The van der Waals surface area contributed by atoms with E-state index in [1.165, 1.54) is 10.4 Å². The van der Waals surface area contributed by atoms with Crippen molar-refractivity contribution in [3.8, 4) is 0 Å². The van der Waals surface area contributed by atoms with Crippen LogP contribution < -0.4 is 5.32 Å². The van der Waals surface area contributed by atoms with E-state index >= 15 is 0 Å². The third-order valence-electron chi connectivity index (χ3n) is 4.17. The van der Waals surface area contributed by atoms with Crippen LogP contribution in [-0.2, 0) is 0 Å². The summed E-state index contributed by atoms with van der Waals surface area (Å²) in [4.78, 5) is 20.9. The molecule has 5 heteroatoms. The maximum absolute atomic E-state index is 12.6. The number of amides is 1. The molecule has 0 aromatic carbocycles. The molecule has 1 aliphatic rings. The van der Waals surface area contributed by atoms with Gasteiger partial charge in [0.05, 0.1) is 4.88 Å². The van der Waals surface area contributed by atoms with Gasteiger partial charge in [-0.25, -0.2) is 4.98 Å². The average molecular weight is 315 g/mol. The van der Waals surface area contributed by atoms with Gasteiger partial charge in [-0.05, 0) is 49.6 Å². The number of rotatable bonds is 3. The summed E-state index contributed by atoms with van der Waals surface area (Å²) in [6.07, 6.45) is 4.02. The van der Waals surface area contributed by atoms with Crippen molar-refractivity contribution in [2.24, 2.45) is 0 Å². The molecule has 2 aromatic rings. The van der Waals surface area contributed by atoms with Crippen molar-refractivity contribution < 1.29 is 4.79 Å². The van der Waals surface area contributed by atoms with Crippen LogP contribution in [0.5, 0.6) is 0 Å². The fourth-order valence-electron chi connectivity index (χ4n) is 2.98. The van der Waals surface area contributed by atoms with Crippen LogP contribution in [0.2, 0.25) is 0 Å². The number of piperidine rings is 1. The summed E-state index contributed by atoms with van der Waals surface area (Å²) in [6.45, 7) is 3.69. The van der Waals surface area contributed by atoms with Crippen LogP contribution in [0.3, 0.4) is 0 Å². The van der Waals surface area contributed by atoms with Gasteiger partial charge >= 0.3 is 0 Å². The molecule has 1 aliphatic heterocycles. The zero-order valence-corrected chi connectivity index (χ0v) is 13.8. The zero-order chi connectivity index (χ0) is 15.5. The predicted molar refractivity (Wildman–Crippen MR) is 90.7 cm³/mol. The number of hydrogen-bond acceptors (Lipinski definition) is 4. The fourth-order valence-corrected chi connectivity index (χ4v) is 3.81. The minimum Gasteiger partial charge on any atom is -0.373 e. The Kier molecular flexibility index (Phi) is 4.43. The molecule has 1 N–H and O–H groups in total. The monoisotopic (exact) mass is 315 g/mol. The molecular weight excluding hydrogens is 294 g/mol. The standard InChI is InChI=1S/C17H21N3OS/c1-12-5-6-15(22-12)17(21)20-9-3-4-14(11-20)13-7-8-19-16(10-13)18-2/h5-8,10,14H,3-4,9,11H2,1-2H3,(H,18,19)/t14-/m0/s1. The Hall–Kier alpha value is -1.88. The second kappa shape index (κ2) is 6.48. The quantitative estimate of drug-likeness (QED) is 0.942. The number of nitrogens with one attached hydrogen (secondary N) is 1. The molecule has 22 heavy (non-hydrogen) atoms. The van der Waals surface area contributed by atoms with Gasteiger partial charge in [-0.3, -0.25) is 4.79 Å². The van der Waals surface area contributed by atoms with Gasteiger partial charge in [0.2, 0.25) is 0 Å². The third-order valence-corrected chi connectivity index (χ3v) is 5.16. The first-order chi connectivity index (χ1) is 10.7. The van der Waals surface area contributed by atoms with E-state index in [9.17, 15) is 4.79 Å². The molecule has 0 saturated carbocycles. The number of nitrogens with zero attached hydrogens (tertiary/aromatic N) is 2. The first kappa shape index (κ1) is 15.0. The number of pyridine rings is 1. The molecule has 116 valence electrons. The molecule has 4 nitrogen and oxygen atoms in total. The average Bonchev–Trinajstić information content (AvgIpc) is 3.01. The maximum Gasteiger partial charge on any atom is 0.263 e. The lowest BCUT2D eigenvalue weighted by atomic mass is 9.91. The highest BCUT2D eigenvalue weighted by molar-refractivity contribution is 7.13. The van der Waals surface area contributed by atoms with E-state index in [0.717, 1.165) is 36.6 Å². The molecule has 1 amide bonds. The van der Waals surface area contributed by atoms with Gasteiger partial charge in [0.1, 0.15) is 5.82 Å². The van der Waals surface area contributed by atoms with Crippen LogP contribution in [0, 0.1) is 6.92 Å². The highest BCUT2D eigenvalue weighted by atomic mass is 32.1. The first-order valence-corrected chi connectivity index (χ1v) is 8.48. The number of hydrogen-bond donors (Lipinski definition) is 1. The molecule has 3 heterocycles. The maximum atomic E-state index is 12.6. The number of aryl methyl sites for hydroxylation is 1. The van der Waals surface area contributed by atoms with E-state index in [0.29, 0.717) is 5.92 Å². The molecule has 1 atom stereocenters. The minimum atomic E-state index is 0.172. The highest BCUT2D eigenvalue weighted by Crippen LogP contribution is 2.29. The van der Waals surface area contributed by atoms with E-state index in [1.807, 2.05) is 37.2 Å². The van der Waals surface area contributed by atoms with Crippen LogP contribution in [0.25, 0.3) is 0 Å². The number of anilines is 1. The Bertz CT molecular complexity index is 667. The third kappa shape index (κ3) is 3.14. The Balaban J connectivity index is 1.75. The van der Waals surface area contributed by atoms with Crippen LogP contribution in [-0.4, -0.2) is 35.9 Å². The van der Waals surface area contributed by atoms with Gasteiger partial charge in [-0.1, -0.05) is 0 Å². The van der Waals surface area contributed by atoms with Crippen LogP contribution in [0.4, 0.5) is 5.82 Å². The molecular formula is C17H21N3OS. The second-order valence-corrected chi connectivity index (χ2v) is 7.01. The van der Waals surface area contributed by atoms with Crippen molar-refractivity contribution in [3.05, 3.63) is 45.8 Å². The lowest BCUT2D eigenvalue weighted by Gasteiger charge is -2.33. The molecule has 0 bridgehead atoms. The van der Waals surface area contributed by atoms with E-state index in [-0.39, 0.29) is 5.91 Å². The molecule has 0 unspecified atom stereocenters. The van der Waals surface area contributed by atoms with Gasteiger partial charge in [0.15, 0.2) is 0 Å². The van der Waals surface area contributed by atoms with E-state index in [2.05, 4.69) is 22.4 Å². The topological polar surface area (TPSA) is 45.2 Å². The summed E-state index contributed by atoms with van der Waals surface area (Å²) < 4.78 is 0. The summed E-state index contributed by atoms with van der Waals surface area (Å²) in [6, 6.07) is 8.11. The van der Waals surface area contributed by atoms with Crippen LogP contribution in [0.15, 0.2) is 30.5 Å². The second-order valence-electron chi connectivity index (χ2n) is 5.73. The van der Waals surface area contributed by atoms with Crippen molar-refractivity contribution in [3.63, 3.8) is 0 Å². The first-order valence-electron chi connectivity index (χ1n) is 7.67. The largest absolute Gasteiger partial charge is 0.373 e. The van der Waals surface area contributed by atoms with Crippen molar-refractivity contribution in [1.29, 1.82) is 0 Å². The lowest BCUT2D eigenvalue weighted by molar-refractivity contribution is 0.0712. The lowest BCUT2D eigenvalue weighted by Crippen LogP contribution is -2.38. The number of aromatic nitrogens is 1. The predicted octanol–water partition coefficient (Wildman–Crippen LogP) is 3.51. The Morgan fingerprint density at radius 1 is 1.41 bits per heavy atom. The normalized spacial score (nSPS) is 18.3. The molecule has 0 aliphatic carbocycles. The molecule has 2 aromatic heterocycles. The van der Waals surface area contributed by atoms with Crippen molar-refractivity contribution in [2.75, 3.05) is 25.5 Å². The number of carbonyl (C=O) groups excluding carboxylic acids is 1. The van der Waals surface area contributed by atoms with Crippen LogP contribution >= 0.6 is 11.3 Å². The molecule has 0 radical (unpaired) electrons. The summed E-state index contributed by atoms with van der Waals surface area (Å²) in [5.74, 6) is 1.45. The van der Waals surface area contributed by atoms with E-state index in [4.69, 9.17) is 0 Å². The summed E-state index contributed by atoms with van der Waals surface area (Å²) in [7, 11) is 1.88. The summed E-state index contributed by atoms with van der Waals surface area (Å²) in [5.41, 5.74) is 1.26. The number of thiophene rings is 1. The molecule has 1 fully saturated rings. The summed E-state index contributed by atoms with van der Waals surface area (Å²) in [5, 5.41) is 3.08. The van der Waals surface area contributed by atoms with Crippen molar-refractivity contribution in [1.82, 2.24) is 9.88 Å². The number of carbonyl (C=O) groups is 1. The van der Waals surface area contributed by atoms with Gasteiger partial charge < -0.3 is 10.2 Å². The minimum absolute atomic E-state index is 0.172. The van der Waals surface area contributed by atoms with Gasteiger partial charge in [0, 0.05) is 37.1 Å². The molecule has 3 rings (SSSR count). The fraction of sp³-hybridized carbons (Fsp3) is 0.412. The van der Waals surface area contributed by atoms with Crippen LogP contribution in [0.1, 0.15) is 38.9 Å². The number of likely N-dealkylation sites (tertiary alicyclic amines) is 1. The Morgan fingerprint density at radius 3 is 3.00 bits per heavy atom. The van der Waals surface area contributed by atoms with Gasteiger partial charge in [0.25, 0.3) is 5.91 Å². The van der Waals surface area contributed by atoms with E-state index < -0.39 is 0 Å². The zero-order valence-electron chi connectivity index (χ0n) is 13.0. The van der Waals surface area contributed by atoms with E-state index in [1.54, 1.807) is 11.3 Å². The van der Waals surface area contributed by atoms with Gasteiger partial charge in [-0.15, -0.1) is 11.3 Å². The van der Waals surface area contributed by atoms with Crippen molar-refractivity contribution in [2.45, 2.75) is 25.7 Å². The van der Waals surface area contributed by atoms with Gasteiger partial charge in [-0.2, -0.15) is 0 Å².